The van der Waals surface area contributed by atoms with Gasteiger partial charge in [-0.3, -0.25) is 9.36 Å². The predicted molar refractivity (Wildman–Crippen MR) is 134 cm³/mol. The van der Waals surface area contributed by atoms with Gasteiger partial charge in [-0.1, -0.05) is 55.5 Å². The second kappa shape index (κ2) is 9.87. The van der Waals surface area contributed by atoms with Crippen molar-refractivity contribution in [3.63, 3.8) is 0 Å². The predicted octanol–water partition coefficient (Wildman–Crippen LogP) is 4.75. The minimum absolute atomic E-state index is 0.0705. The van der Waals surface area contributed by atoms with E-state index in [-0.39, 0.29) is 11.8 Å². The number of aromatic nitrogens is 4. The van der Waals surface area contributed by atoms with E-state index in [1.807, 2.05) is 71.4 Å². The first kappa shape index (κ1) is 21.8. The Morgan fingerprint density at radius 2 is 1.76 bits per heavy atom. The van der Waals surface area contributed by atoms with E-state index in [1.165, 1.54) is 0 Å². The third-order valence-electron chi connectivity index (χ3n) is 6.33. The van der Waals surface area contributed by atoms with Gasteiger partial charge in [0.15, 0.2) is 11.6 Å². The van der Waals surface area contributed by atoms with E-state index >= 15 is 0 Å². The molecule has 4 aromatic rings. The summed E-state index contributed by atoms with van der Waals surface area (Å²) in [6, 6.07) is 22.0. The molecular weight excluding hydrogens is 424 g/mol. The molecular formula is C27H28N6O. The first-order valence-corrected chi connectivity index (χ1v) is 11.8. The molecule has 5 rings (SSSR count). The molecule has 0 saturated carbocycles. The van der Waals surface area contributed by atoms with E-state index in [1.54, 1.807) is 6.20 Å². The van der Waals surface area contributed by atoms with Crippen LogP contribution in [0.25, 0.3) is 17.2 Å². The van der Waals surface area contributed by atoms with Crippen molar-refractivity contribution < 1.29 is 4.79 Å². The summed E-state index contributed by atoms with van der Waals surface area (Å²) in [4.78, 5) is 19.7. The van der Waals surface area contributed by atoms with E-state index in [9.17, 15) is 4.79 Å². The molecule has 1 aliphatic rings. The number of nitrogens with zero attached hydrogens (tertiary/aromatic N) is 5. The molecule has 0 spiro atoms. The lowest BCUT2D eigenvalue weighted by Gasteiger charge is -2.32. The van der Waals surface area contributed by atoms with E-state index < -0.39 is 0 Å². The second-order valence-corrected chi connectivity index (χ2v) is 8.52. The Bertz CT molecular complexity index is 1250. The first-order valence-electron chi connectivity index (χ1n) is 11.8. The van der Waals surface area contributed by atoms with Gasteiger partial charge < -0.3 is 10.2 Å². The summed E-state index contributed by atoms with van der Waals surface area (Å²) in [5.74, 6) is 2.31. The minimum atomic E-state index is -0.0847. The van der Waals surface area contributed by atoms with Crippen LogP contribution in [0.2, 0.25) is 0 Å². The quantitative estimate of drug-likeness (QED) is 0.457. The van der Waals surface area contributed by atoms with Crippen LogP contribution in [-0.4, -0.2) is 38.7 Å². The number of imidazole rings is 1. The summed E-state index contributed by atoms with van der Waals surface area (Å²) in [6.45, 7) is 3.60. The van der Waals surface area contributed by atoms with Crippen LogP contribution in [0, 0.1) is 5.92 Å². The van der Waals surface area contributed by atoms with Crippen molar-refractivity contribution in [1.29, 1.82) is 0 Å². The molecule has 2 aromatic heterocycles. The zero-order chi connectivity index (χ0) is 23.3. The lowest BCUT2D eigenvalue weighted by Crippen LogP contribution is -2.41. The normalized spacial score (nSPS) is 15.8. The molecule has 3 heterocycles. The summed E-state index contributed by atoms with van der Waals surface area (Å²) in [5, 5.41) is 12.1. The molecule has 1 fully saturated rings. The Balaban J connectivity index is 1.29. The van der Waals surface area contributed by atoms with Gasteiger partial charge in [0.2, 0.25) is 5.91 Å². The SMILES string of the molecule is CCc1ccccc1NC(=O)C1CCCN(c2ccc(-n3ccnc3-c3ccccc3)nn2)C1. The third-order valence-corrected chi connectivity index (χ3v) is 6.33. The van der Waals surface area contributed by atoms with Crippen molar-refractivity contribution >= 4 is 17.4 Å². The molecule has 172 valence electrons. The molecule has 1 unspecified atom stereocenters. The summed E-state index contributed by atoms with van der Waals surface area (Å²) < 4.78 is 1.93. The number of hydrogen-bond donors (Lipinski definition) is 1. The van der Waals surface area contributed by atoms with Gasteiger partial charge in [-0.05, 0) is 43.0 Å². The third kappa shape index (κ3) is 4.55. The number of aryl methyl sites for hydroxylation is 1. The van der Waals surface area contributed by atoms with Crippen molar-refractivity contribution in [2.45, 2.75) is 26.2 Å². The Morgan fingerprint density at radius 1 is 1.00 bits per heavy atom. The zero-order valence-electron chi connectivity index (χ0n) is 19.3. The largest absolute Gasteiger partial charge is 0.354 e. The van der Waals surface area contributed by atoms with Crippen molar-refractivity contribution in [3.8, 4) is 17.2 Å². The Kier molecular flexibility index (Phi) is 6.33. The summed E-state index contributed by atoms with van der Waals surface area (Å²) >= 11 is 0. The van der Waals surface area contributed by atoms with Crippen LogP contribution in [0.3, 0.4) is 0 Å². The van der Waals surface area contributed by atoms with Crippen LogP contribution in [0.4, 0.5) is 11.5 Å². The number of nitrogens with one attached hydrogen (secondary N) is 1. The second-order valence-electron chi connectivity index (χ2n) is 8.52. The molecule has 7 heteroatoms. The summed E-state index contributed by atoms with van der Waals surface area (Å²) in [7, 11) is 0. The Morgan fingerprint density at radius 3 is 2.56 bits per heavy atom. The van der Waals surface area contributed by atoms with Gasteiger partial charge >= 0.3 is 0 Å². The van der Waals surface area contributed by atoms with Gasteiger partial charge in [-0.25, -0.2) is 4.98 Å². The molecule has 1 amide bonds. The Hall–Kier alpha value is -4.00. The van der Waals surface area contributed by atoms with Crippen molar-refractivity contribution in [3.05, 3.63) is 84.7 Å². The van der Waals surface area contributed by atoms with Crippen LogP contribution in [0.1, 0.15) is 25.3 Å². The molecule has 1 N–H and O–H groups in total. The zero-order valence-corrected chi connectivity index (χ0v) is 19.3. The Labute approximate surface area is 199 Å². The van der Waals surface area contributed by atoms with Crippen LogP contribution < -0.4 is 10.2 Å². The van der Waals surface area contributed by atoms with Gasteiger partial charge in [0, 0.05) is 36.7 Å². The monoisotopic (exact) mass is 452 g/mol. The molecule has 34 heavy (non-hydrogen) atoms. The highest BCUT2D eigenvalue weighted by Gasteiger charge is 2.27. The molecule has 2 aromatic carbocycles. The first-order chi connectivity index (χ1) is 16.7. The lowest BCUT2D eigenvalue weighted by molar-refractivity contribution is -0.120. The smallest absolute Gasteiger partial charge is 0.229 e. The number of para-hydroxylation sites is 1. The number of benzene rings is 2. The van der Waals surface area contributed by atoms with Crippen LogP contribution >= 0.6 is 0 Å². The molecule has 1 saturated heterocycles. The van der Waals surface area contributed by atoms with Gasteiger partial charge in [-0.2, -0.15) is 0 Å². The molecule has 7 nitrogen and oxygen atoms in total. The lowest BCUT2D eigenvalue weighted by atomic mass is 9.96. The molecule has 1 aliphatic heterocycles. The number of amides is 1. The number of piperidine rings is 1. The maximum absolute atomic E-state index is 13.0. The van der Waals surface area contributed by atoms with E-state index in [0.717, 1.165) is 54.3 Å². The van der Waals surface area contributed by atoms with E-state index in [0.29, 0.717) is 12.4 Å². The fourth-order valence-corrected chi connectivity index (χ4v) is 4.49. The number of hydrogen-bond acceptors (Lipinski definition) is 5. The fourth-order valence-electron chi connectivity index (χ4n) is 4.49. The highest BCUT2D eigenvalue weighted by Crippen LogP contribution is 2.25. The minimum Gasteiger partial charge on any atom is -0.354 e. The average molecular weight is 453 g/mol. The van der Waals surface area contributed by atoms with Crippen molar-refractivity contribution in [2.24, 2.45) is 5.92 Å². The maximum atomic E-state index is 13.0. The van der Waals surface area contributed by atoms with Crippen molar-refractivity contribution in [2.75, 3.05) is 23.3 Å². The topological polar surface area (TPSA) is 75.9 Å². The standard InChI is InChI=1S/C27H28N6O/c1-2-20-9-6-7-13-23(20)29-27(34)22-12-8-17-32(19-22)24-14-15-25(31-30-24)33-18-16-28-26(33)21-10-4-3-5-11-21/h3-7,9-11,13-16,18,22H,2,8,12,17,19H2,1H3,(H,29,34). The summed E-state index contributed by atoms with van der Waals surface area (Å²) in [5.41, 5.74) is 3.08. The van der Waals surface area contributed by atoms with Crippen molar-refractivity contribution in [1.82, 2.24) is 19.7 Å². The highest BCUT2D eigenvalue weighted by molar-refractivity contribution is 5.93. The molecule has 0 bridgehead atoms. The number of rotatable bonds is 6. The fraction of sp³-hybridized carbons (Fsp3) is 0.259. The van der Waals surface area contributed by atoms with E-state index in [4.69, 9.17) is 0 Å². The number of carbonyl (C=O) groups excluding carboxylic acids is 1. The molecule has 0 aliphatic carbocycles. The molecule has 0 radical (unpaired) electrons. The number of carbonyl (C=O) groups is 1. The van der Waals surface area contributed by atoms with Crippen LogP contribution in [-0.2, 0) is 11.2 Å². The summed E-state index contributed by atoms with van der Waals surface area (Å²) in [6.07, 6.45) is 6.36. The molecule has 1 atom stereocenters. The van der Waals surface area contributed by atoms with Gasteiger partial charge in [0.25, 0.3) is 0 Å². The number of anilines is 2. The van der Waals surface area contributed by atoms with Gasteiger partial charge in [0.1, 0.15) is 5.82 Å². The van der Waals surface area contributed by atoms with Gasteiger partial charge in [0.05, 0.1) is 5.92 Å². The van der Waals surface area contributed by atoms with Crippen LogP contribution in [0.15, 0.2) is 79.1 Å². The maximum Gasteiger partial charge on any atom is 0.229 e. The highest BCUT2D eigenvalue weighted by atomic mass is 16.1. The van der Waals surface area contributed by atoms with Crippen LogP contribution in [0.5, 0.6) is 0 Å². The average Bonchev–Trinajstić information content (AvgIpc) is 3.40. The van der Waals surface area contributed by atoms with Gasteiger partial charge in [-0.15, -0.1) is 10.2 Å². The van der Waals surface area contributed by atoms with E-state index in [2.05, 4.69) is 38.4 Å².